The van der Waals surface area contributed by atoms with E-state index >= 15 is 0 Å². The molecule has 0 amide bonds. The van der Waals surface area contributed by atoms with Crippen molar-refractivity contribution in [2.75, 3.05) is 25.5 Å². The quantitative estimate of drug-likeness (QED) is 0.662. The average Bonchev–Trinajstić information content (AvgIpc) is 2.34. The van der Waals surface area contributed by atoms with E-state index in [1.54, 1.807) is 13.3 Å². The second-order valence-electron chi connectivity index (χ2n) is 3.68. The first kappa shape index (κ1) is 12.8. The van der Waals surface area contributed by atoms with Gasteiger partial charge in [0.1, 0.15) is 0 Å². The summed E-state index contributed by atoms with van der Waals surface area (Å²) >= 11 is 0. The largest absolute Gasteiger partial charge is 0.493 e. The first-order valence-corrected chi connectivity index (χ1v) is 5.81. The predicted octanol–water partition coefficient (Wildman–Crippen LogP) is 2.02. The van der Waals surface area contributed by atoms with Gasteiger partial charge in [0.15, 0.2) is 11.6 Å². The summed E-state index contributed by atoms with van der Waals surface area (Å²) in [5, 5.41) is 3.27. The Labute approximate surface area is 97.2 Å². The van der Waals surface area contributed by atoms with Crippen LogP contribution in [0.25, 0.3) is 0 Å². The van der Waals surface area contributed by atoms with Crippen molar-refractivity contribution in [3.8, 4) is 5.75 Å². The Hall–Kier alpha value is -1.29. The van der Waals surface area contributed by atoms with E-state index in [4.69, 9.17) is 10.5 Å². The summed E-state index contributed by atoms with van der Waals surface area (Å²) in [6, 6.07) is 3.77. The lowest BCUT2D eigenvalue weighted by molar-refractivity contribution is 0.414. The van der Waals surface area contributed by atoms with Crippen molar-refractivity contribution in [1.82, 2.24) is 4.98 Å². The van der Waals surface area contributed by atoms with Crippen molar-refractivity contribution in [3.05, 3.63) is 18.3 Å². The molecule has 1 heterocycles. The number of anilines is 1. The van der Waals surface area contributed by atoms with Crippen molar-refractivity contribution < 1.29 is 4.74 Å². The molecule has 0 fully saturated rings. The second kappa shape index (κ2) is 7.93. The number of nitrogens with one attached hydrogen (secondary N) is 1. The molecule has 0 saturated heterocycles. The topological polar surface area (TPSA) is 60.2 Å². The van der Waals surface area contributed by atoms with Gasteiger partial charge in [0.05, 0.1) is 7.11 Å². The van der Waals surface area contributed by atoms with Gasteiger partial charge in [-0.2, -0.15) is 0 Å². The highest BCUT2D eigenvalue weighted by Crippen LogP contribution is 2.19. The Kier molecular flexibility index (Phi) is 6.33. The zero-order valence-corrected chi connectivity index (χ0v) is 9.91. The third-order valence-electron chi connectivity index (χ3n) is 2.41. The first-order valence-electron chi connectivity index (χ1n) is 5.81. The van der Waals surface area contributed by atoms with Gasteiger partial charge in [0, 0.05) is 12.7 Å². The van der Waals surface area contributed by atoms with Gasteiger partial charge in [-0.25, -0.2) is 4.98 Å². The Bertz CT molecular complexity index is 291. The van der Waals surface area contributed by atoms with Crippen molar-refractivity contribution in [2.45, 2.75) is 25.7 Å². The van der Waals surface area contributed by atoms with E-state index in [1.807, 2.05) is 12.1 Å². The van der Waals surface area contributed by atoms with Crippen LogP contribution < -0.4 is 15.8 Å². The minimum Gasteiger partial charge on any atom is -0.493 e. The first-order chi connectivity index (χ1) is 7.88. The molecule has 4 heteroatoms. The molecule has 4 nitrogen and oxygen atoms in total. The summed E-state index contributed by atoms with van der Waals surface area (Å²) in [6.07, 6.45) is 6.43. The van der Waals surface area contributed by atoms with Crippen LogP contribution in [0.3, 0.4) is 0 Å². The number of nitrogens with zero attached hydrogens (tertiary/aromatic N) is 1. The number of aromatic nitrogens is 1. The molecular formula is C12H21N3O. The summed E-state index contributed by atoms with van der Waals surface area (Å²) in [4.78, 5) is 4.23. The molecule has 1 aromatic rings. The van der Waals surface area contributed by atoms with E-state index in [2.05, 4.69) is 10.3 Å². The number of ether oxygens (including phenoxy) is 1. The Balaban J connectivity index is 2.21. The van der Waals surface area contributed by atoms with E-state index < -0.39 is 0 Å². The summed E-state index contributed by atoms with van der Waals surface area (Å²) in [6.45, 7) is 1.72. The van der Waals surface area contributed by atoms with Crippen LogP contribution in [0.1, 0.15) is 25.7 Å². The van der Waals surface area contributed by atoms with Crippen molar-refractivity contribution >= 4 is 5.82 Å². The number of nitrogens with two attached hydrogens (primary N) is 1. The predicted molar refractivity (Wildman–Crippen MR) is 66.8 cm³/mol. The van der Waals surface area contributed by atoms with Gasteiger partial charge < -0.3 is 15.8 Å². The number of rotatable bonds is 8. The Morgan fingerprint density at radius 2 is 2.12 bits per heavy atom. The van der Waals surface area contributed by atoms with Crippen LogP contribution in [0, 0.1) is 0 Å². The minimum absolute atomic E-state index is 0.793. The fourth-order valence-electron chi connectivity index (χ4n) is 1.52. The highest BCUT2D eigenvalue weighted by Gasteiger charge is 2.00. The number of pyridine rings is 1. The molecular weight excluding hydrogens is 202 g/mol. The molecule has 0 saturated carbocycles. The molecule has 0 aliphatic rings. The molecule has 0 bridgehead atoms. The molecule has 0 atom stereocenters. The highest BCUT2D eigenvalue weighted by atomic mass is 16.5. The lowest BCUT2D eigenvalue weighted by atomic mass is 10.2. The van der Waals surface area contributed by atoms with Gasteiger partial charge in [-0.3, -0.25) is 0 Å². The third kappa shape index (κ3) is 4.49. The molecule has 1 rings (SSSR count). The lowest BCUT2D eigenvalue weighted by Crippen LogP contribution is -2.05. The molecule has 90 valence electrons. The molecule has 16 heavy (non-hydrogen) atoms. The van der Waals surface area contributed by atoms with Crippen LogP contribution in [0.2, 0.25) is 0 Å². The number of hydrogen-bond acceptors (Lipinski definition) is 4. The van der Waals surface area contributed by atoms with Gasteiger partial charge in [0.25, 0.3) is 0 Å². The van der Waals surface area contributed by atoms with Crippen LogP contribution in [0.5, 0.6) is 5.75 Å². The third-order valence-corrected chi connectivity index (χ3v) is 2.41. The van der Waals surface area contributed by atoms with Gasteiger partial charge in [-0.15, -0.1) is 0 Å². The smallest absolute Gasteiger partial charge is 0.168 e. The minimum atomic E-state index is 0.793. The average molecular weight is 223 g/mol. The van der Waals surface area contributed by atoms with Crippen LogP contribution in [-0.4, -0.2) is 25.2 Å². The van der Waals surface area contributed by atoms with Crippen molar-refractivity contribution in [3.63, 3.8) is 0 Å². The molecule has 3 N–H and O–H groups in total. The fourth-order valence-corrected chi connectivity index (χ4v) is 1.52. The van der Waals surface area contributed by atoms with Gasteiger partial charge >= 0.3 is 0 Å². The Morgan fingerprint density at radius 3 is 2.88 bits per heavy atom. The van der Waals surface area contributed by atoms with Crippen LogP contribution >= 0.6 is 0 Å². The summed E-state index contributed by atoms with van der Waals surface area (Å²) in [7, 11) is 1.66. The summed E-state index contributed by atoms with van der Waals surface area (Å²) in [5.74, 6) is 1.62. The molecule has 0 aliphatic heterocycles. The maximum absolute atomic E-state index is 5.43. The number of unbranched alkanes of at least 4 members (excludes halogenated alkanes) is 3. The zero-order chi connectivity index (χ0) is 11.6. The van der Waals surface area contributed by atoms with E-state index in [0.717, 1.165) is 37.5 Å². The molecule has 0 spiro atoms. The fraction of sp³-hybridized carbons (Fsp3) is 0.583. The normalized spacial score (nSPS) is 10.1. The van der Waals surface area contributed by atoms with Crippen molar-refractivity contribution in [1.29, 1.82) is 0 Å². The molecule has 0 radical (unpaired) electrons. The summed E-state index contributed by atoms with van der Waals surface area (Å²) < 4.78 is 5.20. The van der Waals surface area contributed by atoms with Gasteiger partial charge in [0.2, 0.25) is 0 Å². The van der Waals surface area contributed by atoms with Crippen LogP contribution in [0.15, 0.2) is 18.3 Å². The van der Waals surface area contributed by atoms with E-state index in [0.29, 0.717) is 0 Å². The zero-order valence-electron chi connectivity index (χ0n) is 9.91. The van der Waals surface area contributed by atoms with E-state index in [-0.39, 0.29) is 0 Å². The van der Waals surface area contributed by atoms with E-state index in [1.165, 1.54) is 12.8 Å². The standard InChI is InChI=1S/C12H21N3O/c1-16-11-7-6-10-15-12(11)14-9-5-3-2-4-8-13/h6-7,10H,2-5,8-9,13H2,1H3,(H,14,15). The molecule has 0 aliphatic carbocycles. The van der Waals surface area contributed by atoms with Gasteiger partial charge in [-0.1, -0.05) is 12.8 Å². The molecule has 0 unspecified atom stereocenters. The maximum Gasteiger partial charge on any atom is 0.168 e. The number of hydrogen-bond donors (Lipinski definition) is 2. The SMILES string of the molecule is COc1cccnc1NCCCCCCN. The molecule has 1 aromatic heterocycles. The van der Waals surface area contributed by atoms with Gasteiger partial charge in [-0.05, 0) is 31.5 Å². The maximum atomic E-state index is 5.43. The highest BCUT2D eigenvalue weighted by molar-refractivity contribution is 5.49. The lowest BCUT2D eigenvalue weighted by Gasteiger charge is -2.09. The van der Waals surface area contributed by atoms with E-state index in [9.17, 15) is 0 Å². The van der Waals surface area contributed by atoms with Crippen molar-refractivity contribution in [2.24, 2.45) is 5.73 Å². The number of methoxy groups -OCH3 is 1. The van der Waals surface area contributed by atoms with Crippen LogP contribution in [0.4, 0.5) is 5.82 Å². The van der Waals surface area contributed by atoms with Crippen LogP contribution in [-0.2, 0) is 0 Å². The Morgan fingerprint density at radius 1 is 1.31 bits per heavy atom. The summed E-state index contributed by atoms with van der Waals surface area (Å²) in [5.41, 5.74) is 5.43. The molecule has 0 aromatic carbocycles. The second-order valence-corrected chi connectivity index (χ2v) is 3.68. The monoisotopic (exact) mass is 223 g/mol.